The standard InChI is InChI=1S/C14H13N3O3/c1-16-7-9(12-10(16)4-3-5-11(12)18)13-8(14(19)20)6-15-17(13)2/h3-7,18H,1-2H3,(H,19,20). The van der Waals surface area contributed by atoms with Crippen LogP contribution in [-0.4, -0.2) is 30.5 Å². The monoisotopic (exact) mass is 271 g/mol. The summed E-state index contributed by atoms with van der Waals surface area (Å²) in [5.74, 6) is -0.920. The Kier molecular flexibility index (Phi) is 2.53. The predicted octanol–water partition coefficient (Wildman–Crippen LogP) is 1.98. The zero-order valence-electron chi connectivity index (χ0n) is 11.0. The lowest BCUT2D eigenvalue weighted by molar-refractivity contribution is 0.0697. The summed E-state index contributed by atoms with van der Waals surface area (Å²) >= 11 is 0. The van der Waals surface area contributed by atoms with Crippen molar-refractivity contribution in [2.75, 3.05) is 0 Å². The number of rotatable bonds is 2. The second kappa shape index (κ2) is 4.12. The minimum atomic E-state index is -1.04. The van der Waals surface area contributed by atoms with E-state index in [0.29, 0.717) is 16.6 Å². The van der Waals surface area contributed by atoms with E-state index in [0.717, 1.165) is 5.52 Å². The van der Waals surface area contributed by atoms with Gasteiger partial charge in [-0.15, -0.1) is 0 Å². The van der Waals surface area contributed by atoms with Gasteiger partial charge in [0.1, 0.15) is 11.3 Å². The van der Waals surface area contributed by atoms with Crippen molar-refractivity contribution in [3.8, 4) is 17.0 Å². The zero-order chi connectivity index (χ0) is 14.4. The first kappa shape index (κ1) is 12.3. The highest BCUT2D eigenvalue weighted by Gasteiger charge is 2.21. The molecule has 0 aliphatic carbocycles. The van der Waals surface area contributed by atoms with Crippen LogP contribution in [0.1, 0.15) is 10.4 Å². The smallest absolute Gasteiger partial charge is 0.339 e. The molecule has 0 unspecified atom stereocenters. The first-order valence-electron chi connectivity index (χ1n) is 6.03. The predicted molar refractivity (Wildman–Crippen MR) is 73.7 cm³/mol. The van der Waals surface area contributed by atoms with E-state index in [-0.39, 0.29) is 11.3 Å². The van der Waals surface area contributed by atoms with Crippen LogP contribution >= 0.6 is 0 Å². The Bertz CT molecular complexity index is 830. The number of carboxylic acids is 1. The van der Waals surface area contributed by atoms with Gasteiger partial charge in [0.15, 0.2) is 0 Å². The maximum atomic E-state index is 11.3. The third-order valence-electron chi connectivity index (χ3n) is 3.42. The van der Waals surface area contributed by atoms with Crippen LogP contribution in [0.5, 0.6) is 5.75 Å². The van der Waals surface area contributed by atoms with Crippen molar-refractivity contribution in [2.24, 2.45) is 14.1 Å². The molecular weight excluding hydrogens is 258 g/mol. The number of aryl methyl sites for hydroxylation is 2. The lowest BCUT2D eigenvalue weighted by Gasteiger charge is -2.03. The molecule has 2 aromatic heterocycles. The molecule has 6 nitrogen and oxygen atoms in total. The second-order valence-electron chi connectivity index (χ2n) is 4.66. The van der Waals surface area contributed by atoms with Gasteiger partial charge in [-0.1, -0.05) is 6.07 Å². The molecule has 0 radical (unpaired) electrons. The third kappa shape index (κ3) is 1.58. The van der Waals surface area contributed by atoms with E-state index in [1.165, 1.54) is 10.9 Å². The first-order valence-corrected chi connectivity index (χ1v) is 6.03. The van der Waals surface area contributed by atoms with Crippen LogP contribution in [0.2, 0.25) is 0 Å². The van der Waals surface area contributed by atoms with E-state index < -0.39 is 5.97 Å². The molecule has 0 spiro atoms. The number of aromatic nitrogens is 3. The lowest BCUT2D eigenvalue weighted by atomic mass is 10.1. The number of phenols is 1. The van der Waals surface area contributed by atoms with Gasteiger partial charge in [-0.05, 0) is 12.1 Å². The molecule has 20 heavy (non-hydrogen) atoms. The molecular formula is C14H13N3O3. The maximum absolute atomic E-state index is 11.3. The fourth-order valence-corrected chi connectivity index (χ4v) is 2.52. The van der Waals surface area contributed by atoms with E-state index in [1.807, 2.05) is 17.7 Å². The molecule has 0 saturated carbocycles. The summed E-state index contributed by atoms with van der Waals surface area (Å²) < 4.78 is 3.35. The topological polar surface area (TPSA) is 80.3 Å². The molecule has 2 heterocycles. The number of carbonyl (C=O) groups is 1. The summed E-state index contributed by atoms with van der Waals surface area (Å²) in [5.41, 5.74) is 2.07. The first-order chi connectivity index (χ1) is 9.50. The Balaban J connectivity index is 2.42. The minimum Gasteiger partial charge on any atom is -0.507 e. The van der Waals surface area contributed by atoms with E-state index in [4.69, 9.17) is 0 Å². The Morgan fingerprint density at radius 3 is 2.75 bits per heavy atom. The highest BCUT2D eigenvalue weighted by Crippen LogP contribution is 2.37. The summed E-state index contributed by atoms with van der Waals surface area (Å²) in [4.78, 5) is 11.3. The van der Waals surface area contributed by atoms with Crippen molar-refractivity contribution >= 4 is 16.9 Å². The van der Waals surface area contributed by atoms with Crippen LogP contribution < -0.4 is 0 Å². The number of nitrogens with zero attached hydrogens (tertiary/aromatic N) is 3. The number of carboxylic acid groups (broad SMARTS) is 1. The van der Waals surface area contributed by atoms with Crippen molar-refractivity contribution in [2.45, 2.75) is 0 Å². The number of hydrogen-bond acceptors (Lipinski definition) is 3. The Morgan fingerprint density at radius 2 is 2.05 bits per heavy atom. The molecule has 102 valence electrons. The normalized spacial score (nSPS) is 11.1. The van der Waals surface area contributed by atoms with Crippen LogP contribution in [0, 0.1) is 0 Å². The van der Waals surface area contributed by atoms with E-state index in [1.54, 1.807) is 25.4 Å². The van der Waals surface area contributed by atoms with Crippen LogP contribution in [-0.2, 0) is 14.1 Å². The molecule has 0 fully saturated rings. The molecule has 0 saturated heterocycles. The number of benzene rings is 1. The SMILES string of the molecule is Cn1ncc(C(=O)O)c1-c1cn(C)c2cccc(O)c12. The number of hydrogen-bond donors (Lipinski definition) is 2. The van der Waals surface area contributed by atoms with Crippen molar-refractivity contribution in [1.82, 2.24) is 14.3 Å². The van der Waals surface area contributed by atoms with Gasteiger partial charge in [-0.2, -0.15) is 5.10 Å². The van der Waals surface area contributed by atoms with E-state index in [2.05, 4.69) is 5.10 Å². The molecule has 0 aliphatic rings. The van der Waals surface area contributed by atoms with Gasteiger partial charge in [0, 0.05) is 25.9 Å². The molecule has 0 atom stereocenters. The van der Waals surface area contributed by atoms with Crippen LogP contribution in [0.15, 0.2) is 30.6 Å². The van der Waals surface area contributed by atoms with Crippen LogP contribution in [0.3, 0.4) is 0 Å². The molecule has 0 amide bonds. The highest BCUT2D eigenvalue weighted by atomic mass is 16.4. The highest BCUT2D eigenvalue weighted by molar-refractivity contribution is 6.04. The summed E-state index contributed by atoms with van der Waals surface area (Å²) in [5, 5.41) is 24.0. The summed E-state index contributed by atoms with van der Waals surface area (Å²) in [6, 6.07) is 5.21. The molecule has 6 heteroatoms. The molecule has 0 aliphatic heterocycles. The van der Waals surface area contributed by atoms with Gasteiger partial charge in [-0.3, -0.25) is 4.68 Å². The Morgan fingerprint density at radius 1 is 1.30 bits per heavy atom. The number of aromatic carboxylic acids is 1. The fourth-order valence-electron chi connectivity index (χ4n) is 2.52. The molecule has 2 N–H and O–H groups in total. The average molecular weight is 271 g/mol. The van der Waals surface area contributed by atoms with Gasteiger partial charge < -0.3 is 14.8 Å². The van der Waals surface area contributed by atoms with Crippen molar-refractivity contribution < 1.29 is 15.0 Å². The zero-order valence-corrected chi connectivity index (χ0v) is 11.0. The van der Waals surface area contributed by atoms with Gasteiger partial charge in [-0.25, -0.2) is 4.79 Å². The second-order valence-corrected chi connectivity index (χ2v) is 4.66. The lowest BCUT2D eigenvalue weighted by Crippen LogP contribution is -2.00. The average Bonchev–Trinajstić information content (AvgIpc) is 2.92. The molecule has 1 aromatic carbocycles. The molecule has 0 bridgehead atoms. The molecule has 3 rings (SSSR count). The third-order valence-corrected chi connectivity index (χ3v) is 3.42. The summed E-state index contributed by atoms with van der Waals surface area (Å²) in [6.07, 6.45) is 3.12. The minimum absolute atomic E-state index is 0.114. The van der Waals surface area contributed by atoms with Gasteiger partial charge in [0.2, 0.25) is 0 Å². The largest absolute Gasteiger partial charge is 0.507 e. The van der Waals surface area contributed by atoms with Crippen LogP contribution in [0.4, 0.5) is 0 Å². The maximum Gasteiger partial charge on any atom is 0.339 e. The van der Waals surface area contributed by atoms with Crippen molar-refractivity contribution in [3.05, 3.63) is 36.2 Å². The quantitative estimate of drug-likeness (QED) is 0.747. The van der Waals surface area contributed by atoms with Crippen LogP contribution in [0.25, 0.3) is 22.2 Å². The van der Waals surface area contributed by atoms with Gasteiger partial charge in [0.25, 0.3) is 0 Å². The van der Waals surface area contributed by atoms with Crippen molar-refractivity contribution in [3.63, 3.8) is 0 Å². The van der Waals surface area contributed by atoms with E-state index in [9.17, 15) is 15.0 Å². The van der Waals surface area contributed by atoms with Gasteiger partial charge in [0.05, 0.1) is 22.8 Å². The summed E-state index contributed by atoms with van der Waals surface area (Å²) in [7, 11) is 3.53. The Hall–Kier alpha value is -2.76. The number of aromatic hydroxyl groups is 1. The van der Waals surface area contributed by atoms with E-state index >= 15 is 0 Å². The molecule has 3 aromatic rings. The fraction of sp³-hybridized carbons (Fsp3) is 0.143. The number of fused-ring (bicyclic) bond motifs is 1. The summed E-state index contributed by atoms with van der Waals surface area (Å²) in [6.45, 7) is 0. The van der Waals surface area contributed by atoms with Crippen molar-refractivity contribution in [1.29, 1.82) is 0 Å². The van der Waals surface area contributed by atoms with Gasteiger partial charge >= 0.3 is 5.97 Å². The number of phenolic OH excluding ortho intramolecular Hbond substituents is 1. The Labute approximate surface area is 114 Å².